The van der Waals surface area contributed by atoms with E-state index < -0.39 is 0 Å². The second kappa shape index (κ2) is 5.57. The molecule has 4 heteroatoms. The molecule has 2 rings (SSSR count). The van der Waals surface area contributed by atoms with Crippen LogP contribution in [0.5, 0.6) is 5.75 Å². The Morgan fingerprint density at radius 1 is 1.33 bits per heavy atom. The predicted octanol–water partition coefficient (Wildman–Crippen LogP) is 3.63. The van der Waals surface area contributed by atoms with Crippen LogP contribution in [-0.2, 0) is 20.1 Å². The second-order valence-corrected chi connectivity index (χ2v) is 5.22. The number of aryl methyl sites for hydroxylation is 3. The maximum absolute atomic E-state index is 5.85. The van der Waals surface area contributed by atoms with Gasteiger partial charge in [0.25, 0.3) is 0 Å². The molecule has 0 atom stereocenters. The van der Waals surface area contributed by atoms with Gasteiger partial charge in [-0.1, -0.05) is 28.9 Å². The summed E-state index contributed by atoms with van der Waals surface area (Å²) in [6, 6.07) is 8.14. The molecule has 1 aromatic carbocycles. The first kappa shape index (κ1) is 13.1. The van der Waals surface area contributed by atoms with Crippen LogP contribution >= 0.6 is 15.9 Å². The number of rotatable bonds is 4. The van der Waals surface area contributed by atoms with E-state index in [1.54, 1.807) is 0 Å². The van der Waals surface area contributed by atoms with E-state index in [2.05, 4.69) is 34.0 Å². The van der Waals surface area contributed by atoms with E-state index in [0.29, 0.717) is 6.61 Å². The number of hydrogen-bond acceptors (Lipinski definition) is 2. The number of nitrogens with zero attached hydrogens (tertiary/aromatic N) is 2. The van der Waals surface area contributed by atoms with Crippen molar-refractivity contribution in [3.63, 3.8) is 0 Å². The number of benzene rings is 1. The maximum atomic E-state index is 5.85. The third-order valence-electron chi connectivity index (χ3n) is 2.92. The summed E-state index contributed by atoms with van der Waals surface area (Å²) in [5.74, 6) is 0.906. The van der Waals surface area contributed by atoms with Crippen LogP contribution in [-0.4, -0.2) is 9.78 Å². The quantitative estimate of drug-likeness (QED) is 0.862. The summed E-state index contributed by atoms with van der Waals surface area (Å²) in [6.45, 7) is 4.69. The maximum Gasteiger partial charge on any atom is 0.130 e. The highest BCUT2D eigenvalue weighted by atomic mass is 79.9. The van der Waals surface area contributed by atoms with Gasteiger partial charge in [-0.2, -0.15) is 5.10 Å². The SMILES string of the molecule is CCc1cc(COc2cc(Br)ccc2C)n(C)n1. The lowest BCUT2D eigenvalue weighted by Crippen LogP contribution is -2.03. The standard InChI is InChI=1S/C14H17BrN2O/c1-4-12-8-13(17(3)16-12)9-18-14-7-11(15)6-5-10(14)2/h5-8H,4,9H2,1-3H3. The van der Waals surface area contributed by atoms with Crippen LogP contribution in [0.4, 0.5) is 0 Å². The molecule has 0 amide bonds. The highest BCUT2D eigenvalue weighted by Crippen LogP contribution is 2.23. The zero-order valence-electron chi connectivity index (χ0n) is 10.9. The van der Waals surface area contributed by atoms with Gasteiger partial charge >= 0.3 is 0 Å². The summed E-state index contributed by atoms with van der Waals surface area (Å²) < 4.78 is 8.76. The average Bonchev–Trinajstić information content (AvgIpc) is 2.71. The Hall–Kier alpha value is -1.29. The van der Waals surface area contributed by atoms with Gasteiger partial charge in [-0.25, -0.2) is 0 Å². The molecule has 0 aliphatic carbocycles. The van der Waals surface area contributed by atoms with Crippen molar-refractivity contribution in [2.24, 2.45) is 7.05 Å². The fourth-order valence-corrected chi connectivity index (χ4v) is 2.10. The van der Waals surface area contributed by atoms with Crippen molar-refractivity contribution in [1.29, 1.82) is 0 Å². The van der Waals surface area contributed by atoms with Crippen molar-refractivity contribution in [2.45, 2.75) is 26.9 Å². The van der Waals surface area contributed by atoms with Gasteiger partial charge in [0, 0.05) is 11.5 Å². The van der Waals surface area contributed by atoms with Gasteiger partial charge in [0.1, 0.15) is 12.4 Å². The van der Waals surface area contributed by atoms with Crippen LogP contribution in [0.25, 0.3) is 0 Å². The minimum absolute atomic E-state index is 0.542. The zero-order valence-corrected chi connectivity index (χ0v) is 12.5. The van der Waals surface area contributed by atoms with Crippen molar-refractivity contribution in [3.8, 4) is 5.75 Å². The van der Waals surface area contributed by atoms with Crippen molar-refractivity contribution in [1.82, 2.24) is 9.78 Å². The summed E-state index contributed by atoms with van der Waals surface area (Å²) in [6.07, 6.45) is 0.948. The molecule has 0 aliphatic rings. The Morgan fingerprint density at radius 3 is 2.78 bits per heavy atom. The largest absolute Gasteiger partial charge is 0.487 e. The molecule has 1 aromatic heterocycles. The van der Waals surface area contributed by atoms with Gasteiger partial charge in [0.05, 0.1) is 11.4 Å². The molecular weight excluding hydrogens is 292 g/mol. The Balaban J connectivity index is 2.11. The molecule has 3 nitrogen and oxygen atoms in total. The van der Waals surface area contributed by atoms with Crippen LogP contribution in [0.15, 0.2) is 28.7 Å². The molecule has 96 valence electrons. The Bertz CT molecular complexity index is 549. The molecule has 0 saturated heterocycles. The van der Waals surface area contributed by atoms with Gasteiger partial charge < -0.3 is 4.74 Å². The van der Waals surface area contributed by atoms with E-state index in [1.165, 1.54) is 0 Å². The Labute approximate surface area is 116 Å². The molecule has 0 N–H and O–H groups in total. The predicted molar refractivity (Wildman–Crippen MR) is 75.8 cm³/mol. The van der Waals surface area contributed by atoms with Crippen LogP contribution in [0, 0.1) is 6.92 Å². The minimum Gasteiger partial charge on any atom is -0.487 e. The van der Waals surface area contributed by atoms with Crippen molar-refractivity contribution in [3.05, 3.63) is 45.7 Å². The highest BCUT2D eigenvalue weighted by molar-refractivity contribution is 9.10. The van der Waals surface area contributed by atoms with Gasteiger partial charge in [0.15, 0.2) is 0 Å². The molecule has 0 saturated carbocycles. The van der Waals surface area contributed by atoms with E-state index in [9.17, 15) is 0 Å². The number of aromatic nitrogens is 2. The number of halogens is 1. The van der Waals surface area contributed by atoms with E-state index in [0.717, 1.165) is 33.6 Å². The molecular formula is C14H17BrN2O. The van der Waals surface area contributed by atoms with E-state index in [1.807, 2.05) is 36.9 Å². The molecule has 18 heavy (non-hydrogen) atoms. The van der Waals surface area contributed by atoms with Gasteiger partial charge in [-0.15, -0.1) is 0 Å². The van der Waals surface area contributed by atoms with Crippen molar-refractivity contribution in [2.75, 3.05) is 0 Å². The summed E-state index contributed by atoms with van der Waals surface area (Å²) in [7, 11) is 1.95. The first-order chi connectivity index (χ1) is 8.60. The second-order valence-electron chi connectivity index (χ2n) is 4.30. The summed E-state index contributed by atoms with van der Waals surface area (Å²) >= 11 is 3.45. The molecule has 0 fully saturated rings. The van der Waals surface area contributed by atoms with Crippen LogP contribution in [0.1, 0.15) is 23.9 Å². The van der Waals surface area contributed by atoms with Crippen LogP contribution in [0.2, 0.25) is 0 Å². The lowest BCUT2D eigenvalue weighted by molar-refractivity contribution is 0.292. The average molecular weight is 309 g/mol. The summed E-state index contributed by atoms with van der Waals surface area (Å²) in [5.41, 5.74) is 3.32. The number of ether oxygens (including phenoxy) is 1. The van der Waals surface area contributed by atoms with Gasteiger partial charge in [-0.3, -0.25) is 4.68 Å². The first-order valence-corrected chi connectivity index (χ1v) is 6.80. The lowest BCUT2D eigenvalue weighted by Gasteiger charge is -2.09. The fraction of sp³-hybridized carbons (Fsp3) is 0.357. The summed E-state index contributed by atoms with van der Waals surface area (Å²) in [4.78, 5) is 0. The molecule has 2 aromatic rings. The third-order valence-corrected chi connectivity index (χ3v) is 3.41. The summed E-state index contributed by atoms with van der Waals surface area (Å²) in [5, 5.41) is 4.41. The highest BCUT2D eigenvalue weighted by Gasteiger charge is 2.06. The van der Waals surface area contributed by atoms with Crippen LogP contribution < -0.4 is 4.74 Å². The topological polar surface area (TPSA) is 27.1 Å². The molecule has 0 aliphatic heterocycles. The number of hydrogen-bond donors (Lipinski definition) is 0. The van der Waals surface area contributed by atoms with E-state index in [4.69, 9.17) is 4.74 Å². The molecule has 0 bridgehead atoms. The van der Waals surface area contributed by atoms with Crippen LogP contribution in [0.3, 0.4) is 0 Å². The zero-order chi connectivity index (χ0) is 13.1. The molecule has 0 radical (unpaired) electrons. The third kappa shape index (κ3) is 2.93. The molecule has 0 unspecified atom stereocenters. The Kier molecular flexibility index (Phi) is 4.07. The van der Waals surface area contributed by atoms with Crippen molar-refractivity contribution < 1.29 is 4.74 Å². The minimum atomic E-state index is 0.542. The first-order valence-electron chi connectivity index (χ1n) is 6.01. The lowest BCUT2D eigenvalue weighted by atomic mass is 10.2. The molecule has 0 spiro atoms. The van der Waals surface area contributed by atoms with Gasteiger partial charge in [0.2, 0.25) is 0 Å². The van der Waals surface area contributed by atoms with Gasteiger partial charge in [-0.05, 0) is 37.1 Å². The fourth-order valence-electron chi connectivity index (χ4n) is 1.76. The van der Waals surface area contributed by atoms with E-state index in [-0.39, 0.29) is 0 Å². The molecule has 1 heterocycles. The monoisotopic (exact) mass is 308 g/mol. The normalized spacial score (nSPS) is 10.7. The van der Waals surface area contributed by atoms with E-state index >= 15 is 0 Å². The smallest absolute Gasteiger partial charge is 0.130 e. The van der Waals surface area contributed by atoms with Crippen molar-refractivity contribution >= 4 is 15.9 Å². The Morgan fingerprint density at radius 2 is 2.11 bits per heavy atom.